The Morgan fingerprint density at radius 1 is 0.969 bits per heavy atom. The molecule has 3 N–H and O–H groups in total. The summed E-state index contributed by atoms with van der Waals surface area (Å²) in [5.41, 5.74) is 7.54. The molecular weight excluding hydrogens is 402 g/mol. The Bertz CT molecular complexity index is 839. The summed E-state index contributed by atoms with van der Waals surface area (Å²) < 4.78 is 5.81. The molecule has 1 atom stereocenters. The normalized spacial score (nSPS) is 15.5. The molecule has 1 aliphatic heterocycles. The third kappa shape index (κ3) is 7.38. The van der Waals surface area contributed by atoms with Crippen molar-refractivity contribution >= 4 is 11.8 Å². The van der Waals surface area contributed by atoms with Crippen molar-refractivity contribution in [1.29, 1.82) is 0 Å². The standard InChI is InChI=1S/C26H35N3O3/c27-16-6-1-2-7-17-28-26(31)24-11-8-18-29(24)25(30)19-21-12-14-23(15-13-21)32-20-22-9-4-3-5-10-22/h3-5,9-10,12-15,24H,1-2,6-8,11,16-20,27H2,(H,28,31). The summed E-state index contributed by atoms with van der Waals surface area (Å²) in [6, 6.07) is 17.3. The average molecular weight is 438 g/mol. The van der Waals surface area contributed by atoms with E-state index in [9.17, 15) is 9.59 Å². The van der Waals surface area contributed by atoms with E-state index in [1.54, 1.807) is 4.90 Å². The lowest BCUT2D eigenvalue weighted by Gasteiger charge is -2.24. The highest BCUT2D eigenvalue weighted by molar-refractivity contribution is 5.89. The van der Waals surface area contributed by atoms with Crippen molar-refractivity contribution < 1.29 is 14.3 Å². The molecule has 1 unspecified atom stereocenters. The van der Waals surface area contributed by atoms with Crippen LogP contribution in [0.1, 0.15) is 49.7 Å². The van der Waals surface area contributed by atoms with Gasteiger partial charge in [-0.3, -0.25) is 9.59 Å². The Labute approximate surface area is 191 Å². The van der Waals surface area contributed by atoms with Gasteiger partial charge in [-0.15, -0.1) is 0 Å². The minimum Gasteiger partial charge on any atom is -0.489 e. The van der Waals surface area contributed by atoms with Gasteiger partial charge in [-0.05, 0) is 55.5 Å². The first-order valence-electron chi connectivity index (χ1n) is 11.7. The number of carbonyl (C=O) groups excluding carboxylic acids is 2. The zero-order valence-corrected chi connectivity index (χ0v) is 18.8. The number of likely N-dealkylation sites (tertiary alicyclic amines) is 1. The Balaban J connectivity index is 1.44. The Hall–Kier alpha value is -2.86. The fraction of sp³-hybridized carbons (Fsp3) is 0.462. The van der Waals surface area contributed by atoms with E-state index in [1.807, 2.05) is 54.6 Å². The summed E-state index contributed by atoms with van der Waals surface area (Å²) in [6.45, 7) is 2.53. The number of rotatable bonds is 12. The molecule has 6 nitrogen and oxygen atoms in total. The van der Waals surface area contributed by atoms with Crippen LogP contribution in [0.5, 0.6) is 5.75 Å². The molecule has 0 radical (unpaired) electrons. The molecule has 0 aliphatic carbocycles. The molecule has 2 aromatic carbocycles. The highest BCUT2D eigenvalue weighted by atomic mass is 16.5. The van der Waals surface area contributed by atoms with Crippen LogP contribution >= 0.6 is 0 Å². The predicted octanol–water partition coefficient (Wildman–Crippen LogP) is 3.43. The summed E-state index contributed by atoms with van der Waals surface area (Å²) in [5, 5.41) is 3.00. The fourth-order valence-corrected chi connectivity index (χ4v) is 4.01. The van der Waals surface area contributed by atoms with Crippen molar-refractivity contribution in [2.24, 2.45) is 5.73 Å². The van der Waals surface area contributed by atoms with Crippen molar-refractivity contribution in [3.05, 3.63) is 65.7 Å². The lowest BCUT2D eigenvalue weighted by Crippen LogP contribution is -2.46. The average Bonchev–Trinajstić information content (AvgIpc) is 3.32. The van der Waals surface area contributed by atoms with Crippen LogP contribution in [-0.4, -0.2) is 42.4 Å². The molecule has 1 heterocycles. The van der Waals surface area contributed by atoms with E-state index < -0.39 is 0 Å². The van der Waals surface area contributed by atoms with Crippen molar-refractivity contribution in [2.45, 2.75) is 57.6 Å². The second-order valence-corrected chi connectivity index (χ2v) is 8.33. The minimum absolute atomic E-state index is 0.00329. The molecule has 1 fully saturated rings. The first kappa shape index (κ1) is 23.8. The van der Waals surface area contributed by atoms with E-state index in [4.69, 9.17) is 10.5 Å². The summed E-state index contributed by atoms with van der Waals surface area (Å²) in [6.07, 6.45) is 6.03. The lowest BCUT2D eigenvalue weighted by atomic mass is 10.1. The lowest BCUT2D eigenvalue weighted by molar-refractivity contribution is -0.137. The van der Waals surface area contributed by atoms with Crippen molar-refractivity contribution in [3.63, 3.8) is 0 Å². The number of nitrogens with one attached hydrogen (secondary N) is 1. The number of carbonyl (C=O) groups is 2. The van der Waals surface area contributed by atoms with Crippen LogP contribution in [0.2, 0.25) is 0 Å². The van der Waals surface area contributed by atoms with Gasteiger partial charge in [0.2, 0.25) is 11.8 Å². The van der Waals surface area contributed by atoms with Crippen LogP contribution in [0.25, 0.3) is 0 Å². The highest BCUT2D eigenvalue weighted by Crippen LogP contribution is 2.20. The predicted molar refractivity (Wildman–Crippen MR) is 126 cm³/mol. The zero-order chi connectivity index (χ0) is 22.6. The van der Waals surface area contributed by atoms with E-state index >= 15 is 0 Å². The Morgan fingerprint density at radius 2 is 1.72 bits per heavy atom. The number of hydrogen-bond acceptors (Lipinski definition) is 4. The quantitative estimate of drug-likeness (QED) is 0.498. The molecular formula is C26H35N3O3. The minimum atomic E-state index is -0.347. The number of unbranched alkanes of at least 4 members (excludes halogenated alkanes) is 3. The van der Waals surface area contributed by atoms with Crippen molar-refractivity contribution in [2.75, 3.05) is 19.6 Å². The van der Waals surface area contributed by atoms with E-state index in [2.05, 4.69) is 5.32 Å². The summed E-state index contributed by atoms with van der Waals surface area (Å²) in [5.74, 6) is 0.748. The molecule has 0 spiro atoms. The Morgan fingerprint density at radius 3 is 2.47 bits per heavy atom. The molecule has 0 aromatic heterocycles. The van der Waals surface area contributed by atoms with Crippen LogP contribution in [0.3, 0.4) is 0 Å². The van der Waals surface area contributed by atoms with Gasteiger partial charge in [0, 0.05) is 13.1 Å². The smallest absolute Gasteiger partial charge is 0.242 e. The third-order valence-corrected chi connectivity index (χ3v) is 5.83. The molecule has 2 amide bonds. The topological polar surface area (TPSA) is 84.7 Å². The van der Waals surface area contributed by atoms with Gasteiger partial charge in [0.25, 0.3) is 0 Å². The van der Waals surface area contributed by atoms with Crippen LogP contribution in [0.4, 0.5) is 0 Å². The van der Waals surface area contributed by atoms with Crippen LogP contribution < -0.4 is 15.8 Å². The zero-order valence-electron chi connectivity index (χ0n) is 18.8. The number of hydrogen-bond donors (Lipinski definition) is 2. The molecule has 3 rings (SSSR count). The van der Waals surface area contributed by atoms with E-state index in [1.165, 1.54) is 0 Å². The van der Waals surface area contributed by atoms with Gasteiger partial charge in [0.1, 0.15) is 18.4 Å². The van der Waals surface area contributed by atoms with Crippen LogP contribution in [-0.2, 0) is 22.6 Å². The second kappa shape index (κ2) is 12.9. The molecule has 2 aromatic rings. The molecule has 0 bridgehead atoms. The van der Waals surface area contributed by atoms with Gasteiger partial charge < -0.3 is 20.7 Å². The molecule has 6 heteroatoms. The maximum atomic E-state index is 12.9. The summed E-state index contributed by atoms with van der Waals surface area (Å²) in [4.78, 5) is 27.2. The first-order chi connectivity index (χ1) is 15.7. The van der Waals surface area contributed by atoms with E-state index in [0.717, 1.165) is 61.9 Å². The molecule has 1 aliphatic rings. The first-order valence-corrected chi connectivity index (χ1v) is 11.7. The SMILES string of the molecule is NCCCCCCNC(=O)C1CCCN1C(=O)Cc1ccc(OCc2ccccc2)cc1. The van der Waals surface area contributed by atoms with Crippen molar-refractivity contribution in [3.8, 4) is 5.75 Å². The maximum absolute atomic E-state index is 12.9. The third-order valence-electron chi connectivity index (χ3n) is 5.83. The van der Waals surface area contributed by atoms with Crippen LogP contribution in [0, 0.1) is 0 Å². The van der Waals surface area contributed by atoms with Crippen LogP contribution in [0.15, 0.2) is 54.6 Å². The van der Waals surface area contributed by atoms with Crippen molar-refractivity contribution in [1.82, 2.24) is 10.2 Å². The Kier molecular flexibility index (Phi) is 9.57. The molecule has 1 saturated heterocycles. The highest BCUT2D eigenvalue weighted by Gasteiger charge is 2.33. The van der Waals surface area contributed by atoms with Gasteiger partial charge in [-0.25, -0.2) is 0 Å². The number of amides is 2. The number of nitrogens with zero attached hydrogens (tertiary/aromatic N) is 1. The fourth-order valence-electron chi connectivity index (χ4n) is 4.01. The largest absolute Gasteiger partial charge is 0.489 e. The number of ether oxygens (including phenoxy) is 1. The summed E-state index contributed by atoms with van der Waals surface area (Å²) in [7, 11) is 0. The molecule has 0 saturated carbocycles. The van der Waals surface area contributed by atoms with E-state index in [0.29, 0.717) is 26.1 Å². The monoisotopic (exact) mass is 437 g/mol. The van der Waals surface area contributed by atoms with Gasteiger partial charge >= 0.3 is 0 Å². The van der Waals surface area contributed by atoms with Gasteiger partial charge in [-0.2, -0.15) is 0 Å². The number of benzene rings is 2. The number of nitrogens with two attached hydrogens (primary N) is 1. The maximum Gasteiger partial charge on any atom is 0.242 e. The second-order valence-electron chi connectivity index (χ2n) is 8.33. The van der Waals surface area contributed by atoms with Gasteiger partial charge in [0.15, 0.2) is 0 Å². The summed E-state index contributed by atoms with van der Waals surface area (Å²) >= 11 is 0. The molecule has 32 heavy (non-hydrogen) atoms. The van der Waals surface area contributed by atoms with Gasteiger partial charge in [-0.1, -0.05) is 55.3 Å². The molecule has 172 valence electrons. The van der Waals surface area contributed by atoms with E-state index in [-0.39, 0.29) is 17.9 Å². The van der Waals surface area contributed by atoms with Gasteiger partial charge in [0.05, 0.1) is 6.42 Å².